The van der Waals surface area contributed by atoms with Gasteiger partial charge in [0.2, 0.25) is 0 Å². The molecule has 0 spiro atoms. The highest BCUT2D eigenvalue weighted by molar-refractivity contribution is 8.26. The molecule has 1 heterocycles. The van der Waals surface area contributed by atoms with Crippen LogP contribution < -0.4 is 14.8 Å². The van der Waals surface area contributed by atoms with Crippen molar-refractivity contribution in [3.05, 3.63) is 64.6 Å². The maximum Gasteiger partial charge on any atom is 0.263 e. The molecular formula is C21H21NO4S2. The van der Waals surface area contributed by atoms with E-state index in [0.29, 0.717) is 35.7 Å². The largest absolute Gasteiger partial charge is 0.491 e. The van der Waals surface area contributed by atoms with E-state index in [9.17, 15) is 4.79 Å². The average molecular weight is 416 g/mol. The summed E-state index contributed by atoms with van der Waals surface area (Å²) in [5.41, 5.74) is 2.05. The molecule has 7 heteroatoms. The first-order valence-electron chi connectivity index (χ1n) is 8.85. The molecule has 1 amide bonds. The molecule has 1 saturated heterocycles. The van der Waals surface area contributed by atoms with Gasteiger partial charge < -0.3 is 19.5 Å². The van der Waals surface area contributed by atoms with Crippen LogP contribution in [-0.2, 0) is 9.53 Å². The predicted molar refractivity (Wildman–Crippen MR) is 116 cm³/mol. The van der Waals surface area contributed by atoms with Gasteiger partial charge in [-0.2, -0.15) is 0 Å². The Bertz CT molecular complexity index is 882. The van der Waals surface area contributed by atoms with Gasteiger partial charge in [0.25, 0.3) is 5.91 Å². The lowest BCUT2D eigenvalue weighted by atomic mass is 10.2. The zero-order valence-electron chi connectivity index (χ0n) is 15.5. The molecule has 1 aliphatic rings. The molecule has 0 saturated carbocycles. The second kappa shape index (κ2) is 10.3. The summed E-state index contributed by atoms with van der Waals surface area (Å²) >= 11 is 6.25. The standard InChI is InChI=1S/C21H21NO4S2/c1-15-4-2-6-17(12-15)25-10-8-24-9-11-26-18-7-3-5-16(13-18)14-19-20(23)22-21(27)28-19/h2-7,12-14H,8-11H2,1H3,(H,22,23,27)/b19-14-. The van der Waals surface area contributed by atoms with Crippen molar-refractivity contribution in [3.63, 3.8) is 0 Å². The third-order valence-corrected chi connectivity index (χ3v) is 4.94. The second-order valence-electron chi connectivity index (χ2n) is 6.05. The van der Waals surface area contributed by atoms with Crippen LogP contribution >= 0.6 is 24.0 Å². The fraction of sp³-hybridized carbons (Fsp3) is 0.238. The number of amides is 1. The summed E-state index contributed by atoms with van der Waals surface area (Å²) in [6.45, 7) is 3.92. The Morgan fingerprint density at radius 1 is 1.00 bits per heavy atom. The maximum absolute atomic E-state index is 11.7. The van der Waals surface area contributed by atoms with Crippen molar-refractivity contribution in [2.24, 2.45) is 0 Å². The predicted octanol–water partition coefficient (Wildman–Crippen LogP) is 3.96. The summed E-state index contributed by atoms with van der Waals surface area (Å²) < 4.78 is 17.4. The molecule has 1 fully saturated rings. The van der Waals surface area contributed by atoms with E-state index >= 15 is 0 Å². The Morgan fingerprint density at radius 3 is 2.32 bits per heavy atom. The van der Waals surface area contributed by atoms with Crippen LogP contribution in [0.2, 0.25) is 0 Å². The molecule has 0 atom stereocenters. The Kier molecular flexibility index (Phi) is 7.47. The molecule has 146 valence electrons. The van der Waals surface area contributed by atoms with Crippen LogP contribution in [0, 0.1) is 6.92 Å². The summed E-state index contributed by atoms with van der Waals surface area (Å²) in [5, 5.41) is 2.60. The van der Waals surface area contributed by atoms with Gasteiger partial charge in [0, 0.05) is 0 Å². The zero-order chi connectivity index (χ0) is 19.8. The molecule has 5 nitrogen and oxygen atoms in total. The van der Waals surface area contributed by atoms with E-state index < -0.39 is 0 Å². The van der Waals surface area contributed by atoms with Crippen LogP contribution in [0.3, 0.4) is 0 Å². The van der Waals surface area contributed by atoms with Crippen LogP contribution in [0.4, 0.5) is 0 Å². The molecule has 2 aromatic carbocycles. The summed E-state index contributed by atoms with van der Waals surface area (Å²) in [5.74, 6) is 1.41. The lowest BCUT2D eigenvalue weighted by Crippen LogP contribution is -2.17. The lowest BCUT2D eigenvalue weighted by molar-refractivity contribution is -0.115. The molecule has 1 aliphatic heterocycles. The van der Waals surface area contributed by atoms with Gasteiger partial charge in [-0.05, 0) is 48.4 Å². The van der Waals surface area contributed by atoms with E-state index in [4.69, 9.17) is 26.4 Å². The molecule has 0 bridgehead atoms. The molecule has 28 heavy (non-hydrogen) atoms. The van der Waals surface area contributed by atoms with Crippen LogP contribution in [0.15, 0.2) is 53.4 Å². The number of hydrogen-bond acceptors (Lipinski definition) is 6. The molecule has 1 N–H and O–H groups in total. The number of ether oxygens (including phenoxy) is 3. The Morgan fingerprint density at radius 2 is 1.68 bits per heavy atom. The first kappa shape index (κ1) is 20.4. The first-order chi connectivity index (χ1) is 13.6. The monoisotopic (exact) mass is 415 g/mol. The van der Waals surface area contributed by atoms with E-state index in [1.54, 1.807) is 6.08 Å². The van der Waals surface area contributed by atoms with Crippen LogP contribution in [-0.4, -0.2) is 36.7 Å². The van der Waals surface area contributed by atoms with Crippen molar-refractivity contribution >= 4 is 40.3 Å². The molecule has 0 aromatic heterocycles. The average Bonchev–Trinajstić information content (AvgIpc) is 2.98. The highest BCUT2D eigenvalue weighted by Gasteiger charge is 2.21. The third kappa shape index (κ3) is 6.37. The van der Waals surface area contributed by atoms with E-state index in [1.165, 1.54) is 17.3 Å². The maximum atomic E-state index is 11.7. The number of hydrogen-bond donors (Lipinski definition) is 1. The van der Waals surface area contributed by atoms with Crippen molar-refractivity contribution in [1.29, 1.82) is 0 Å². The van der Waals surface area contributed by atoms with Crippen LogP contribution in [0.25, 0.3) is 6.08 Å². The van der Waals surface area contributed by atoms with Gasteiger partial charge in [-0.25, -0.2) is 0 Å². The number of rotatable bonds is 9. The van der Waals surface area contributed by atoms with Gasteiger partial charge in [0.05, 0.1) is 18.1 Å². The van der Waals surface area contributed by atoms with Gasteiger partial charge in [0.15, 0.2) is 0 Å². The van der Waals surface area contributed by atoms with Gasteiger partial charge in [-0.1, -0.05) is 48.2 Å². The molecule has 2 aromatic rings. The number of thiocarbonyl (C=S) groups is 1. The minimum atomic E-state index is -0.164. The zero-order valence-corrected chi connectivity index (χ0v) is 17.1. The highest BCUT2D eigenvalue weighted by atomic mass is 32.2. The van der Waals surface area contributed by atoms with Crippen molar-refractivity contribution in [2.75, 3.05) is 26.4 Å². The summed E-state index contributed by atoms with van der Waals surface area (Å²) in [6.07, 6.45) is 1.80. The minimum Gasteiger partial charge on any atom is -0.491 e. The molecule has 3 rings (SSSR count). The van der Waals surface area contributed by atoms with Gasteiger partial charge >= 0.3 is 0 Å². The van der Waals surface area contributed by atoms with Crippen molar-refractivity contribution in [3.8, 4) is 11.5 Å². The van der Waals surface area contributed by atoms with Crippen LogP contribution in [0.1, 0.15) is 11.1 Å². The SMILES string of the molecule is Cc1cccc(OCCOCCOc2cccc(/C=C3\SC(=S)NC3=O)c2)c1. The van der Waals surface area contributed by atoms with Gasteiger partial charge in [-0.15, -0.1) is 0 Å². The Labute approximate surface area is 174 Å². The minimum absolute atomic E-state index is 0.164. The second-order valence-corrected chi connectivity index (χ2v) is 7.77. The fourth-order valence-electron chi connectivity index (χ4n) is 2.51. The topological polar surface area (TPSA) is 56.8 Å². The highest BCUT2D eigenvalue weighted by Crippen LogP contribution is 2.26. The number of benzene rings is 2. The quantitative estimate of drug-likeness (QED) is 0.380. The van der Waals surface area contributed by atoms with Crippen molar-refractivity contribution < 1.29 is 19.0 Å². The smallest absolute Gasteiger partial charge is 0.263 e. The van der Waals surface area contributed by atoms with Gasteiger partial charge in [0.1, 0.15) is 29.0 Å². The molecular weight excluding hydrogens is 394 g/mol. The number of nitrogens with one attached hydrogen (secondary N) is 1. The van der Waals surface area contributed by atoms with Gasteiger partial charge in [-0.3, -0.25) is 4.79 Å². The molecule has 0 unspecified atom stereocenters. The molecule has 0 radical (unpaired) electrons. The Balaban J connectivity index is 1.36. The first-order valence-corrected chi connectivity index (χ1v) is 10.1. The van der Waals surface area contributed by atoms with E-state index in [2.05, 4.69) is 5.32 Å². The lowest BCUT2D eigenvalue weighted by Gasteiger charge is -2.09. The van der Waals surface area contributed by atoms with E-state index in [-0.39, 0.29) is 5.91 Å². The normalized spacial score (nSPS) is 15.0. The number of aryl methyl sites for hydroxylation is 1. The Hall–Kier alpha value is -2.35. The van der Waals surface area contributed by atoms with E-state index in [0.717, 1.165) is 17.1 Å². The fourth-order valence-corrected chi connectivity index (χ4v) is 3.55. The summed E-state index contributed by atoms with van der Waals surface area (Å²) in [7, 11) is 0. The van der Waals surface area contributed by atoms with Crippen molar-refractivity contribution in [1.82, 2.24) is 5.32 Å². The number of thioether (sulfide) groups is 1. The summed E-state index contributed by atoms with van der Waals surface area (Å²) in [6, 6.07) is 15.5. The van der Waals surface area contributed by atoms with Crippen LogP contribution in [0.5, 0.6) is 11.5 Å². The third-order valence-electron chi connectivity index (χ3n) is 3.78. The van der Waals surface area contributed by atoms with Crippen molar-refractivity contribution in [2.45, 2.75) is 6.92 Å². The number of carbonyl (C=O) groups excluding carboxylic acids is 1. The van der Waals surface area contributed by atoms with E-state index in [1.807, 2.05) is 55.5 Å². The number of carbonyl (C=O) groups is 1. The summed E-state index contributed by atoms with van der Waals surface area (Å²) in [4.78, 5) is 12.3. The molecule has 0 aliphatic carbocycles.